The minimum atomic E-state index is -0.0388. The van der Waals surface area contributed by atoms with Crippen molar-refractivity contribution in [2.75, 3.05) is 19.6 Å². The van der Waals surface area contributed by atoms with Crippen molar-refractivity contribution in [2.45, 2.75) is 12.5 Å². The van der Waals surface area contributed by atoms with E-state index in [1.165, 1.54) is 0 Å². The van der Waals surface area contributed by atoms with Crippen LogP contribution in [0.4, 0.5) is 0 Å². The van der Waals surface area contributed by atoms with Gasteiger partial charge in [0.05, 0.1) is 0 Å². The molecule has 0 saturated carbocycles. The Morgan fingerprint density at radius 3 is 3.12 bits per heavy atom. The Balaban J connectivity index is 1.80. The van der Waals surface area contributed by atoms with Gasteiger partial charge in [-0.05, 0) is 36.1 Å². The van der Waals surface area contributed by atoms with Crippen LogP contribution in [0.15, 0.2) is 16.5 Å². The van der Waals surface area contributed by atoms with E-state index in [0.717, 1.165) is 26.1 Å². The van der Waals surface area contributed by atoms with E-state index in [4.69, 9.17) is 16.0 Å². The first-order valence-electron chi connectivity index (χ1n) is 5.53. The first-order chi connectivity index (χ1) is 7.75. The molecule has 4 nitrogen and oxygen atoms in total. The molecule has 0 aromatic carbocycles. The number of hydrogen-bond donors (Lipinski definition) is 1. The van der Waals surface area contributed by atoms with Gasteiger partial charge in [0, 0.05) is 25.7 Å². The highest BCUT2D eigenvalue weighted by molar-refractivity contribution is 6.29. The van der Waals surface area contributed by atoms with Gasteiger partial charge in [0.15, 0.2) is 11.0 Å². The van der Waals surface area contributed by atoms with Crippen LogP contribution in [0.3, 0.4) is 0 Å². The minimum Gasteiger partial charge on any atom is -0.440 e. The number of nitrogens with zero attached hydrogens (tertiary/aromatic N) is 1. The van der Waals surface area contributed by atoms with Crippen molar-refractivity contribution in [2.24, 2.45) is 5.92 Å². The van der Waals surface area contributed by atoms with Crippen LogP contribution in [0.5, 0.6) is 0 Å². The topological polar surface area (TPSA) is 45.5 Å². The second-order valence-electron chi connectivity index (χ2n) is 4.38. The lowest BCUT2D eigenvalue weighted by Gasteiger charge is -2.22. The standard InChI is InChI=1S/C11H13ClN2O2/c12-10-2-1-9(16-10)11(15)14-4-3-7-5-13-6-8(7)14/h1-2,7-8,13H,3-6H2. The predicted octanol–water partition coefficient (Wildman–Crippen LogP) is 1.37. The van der Waals surface area contributed by atoms with Crippen molar-refractivity contribution >= 4 is 17.5 Å². The largest absolute Gasteiger partial charge is 0.440 e. The number of nitrogens with one attached hydrogen (secondary N) is 1. The molecular formula is C11H13ClN2O2. The number of halogens is 1. The SMILES string of the molecule is O=C(c1ccc(Cl)o1)N1CCC2CNCC21. The fourth-order valence-corrected chi connectivity index (χ4v) is 2.82. The van der Waals surface area contributed by atoms with E-state index >= 15 is 0 Å². The first kappa shape index (κ1) is 10.2. The molecule has 1 amide bonds. The lowest BCUT2D eigenvalue weighted by molar-refractivity contribution is 0.0705. The third-order valence-electron chi connectivity index (χ3n) is 3.49. The lowest BCUT2D eigenvalue weighted by Crippen LogP contribution is -2.38. The van der Waals surface area contributed by atoms with Crippen molar-refractivity contribution < 1.29 is 9.21 Å². The van der Waals surface area contributed by atoms with Gasteiger partial charge in [-0.15, -0.1) is 0 Å². The van der Waals surface area contributed by atoms with Crippen molar-refractivity contribution in [3.63, 3.8) is 0 Å². The normalized spacial score (nSPS) is 28.4. The number of hydrogen-bond acceptors (Lipinski definition) is 3. The first-order valence-corrected chi connectivity index (χ1v) is 5.90. The maximum Gasteiger partial charge on any atom is 0.289 e. The van der Waals surface area contributed by atoms with Crippen molar-refractivity contribution in [3.05, 3.63) is 23.1 Å². The molecule has 2 saturated heterocycles. The zero-order chi connectivity index (χ0) is 11.1. The van der Waals surface area contributed by atoms with Gasteiger partial charge in [-0.1, -0.05) is 0 Å². The Labute approximate surface area is 98.5 Å². The summed E-state index contributed by atoms with van der Waals surface area (Å²) >= 11 is 5.67. The maximum absolute atomic E-state index is 12.1. The van der Waals surface area contributed by atoms with E-state index in [1.54, 1.807) is 12.1 Å². The van der Waals surface area contributed by atoms with Gasteiger partial charge in [-0.3, -0.25) is 4.79 Å². The number of rotatable bonds is 1. The summed E-state index contributed by atoms with van der Waals surface area (Å²) in [5.74, 6) is 0.912. The van der Waals surface area contributed by atoms with Gasteiger partial charge < -0.3 is 14.6 Å². The Hall–Kier alpha value is -1.00. The van der Waals surface area contributed by atoms with Crippen molar-refractivity contribution in [1.29, 1.82) is 0 Å². The van der Waals surface area contributed by atoms with E-state index in [0.29, 0.717) is 17.7 Å². The van der Waals surface area contributed by atoms with E-state index in [9.17, 15) is 4.79 Å². The lowest BCUT2D eigenvalue weighted by atomic mass is 10.1. The highest BCUT2D eigenvalue weighted by atomic mass is 35.5. The summed E-state index contributed by atoms with van der Waals surface area (Å²) in [4.78, 5) is 14.1. The summed E-state index contributed by atoms with van der Waals surface area (Å²) in [6, 6.07) is 3.58. The predicted molar refractivity (Wildman–Crippen MR) is 59.5 cm³/mol. The van der Waals surface area contributed by atoms with Gasteiger partial charge in [0.2, 0.25) is 0 Å². The number of carbonyl (C=O) groups excluding carboxylic acids is 1. The van der Waals surface area contributed by atoms with Crippen LogP contribution in [0.2, 0.25) is 5.22 Å². The molecule has 0 spiro atoms. The molecule has 2 fully saturated rings. The van der Waals surface area contributed by atoms with E-state index < -0.39 is 0 Å². The molecule has 2 unspecified atom stereocenters. The quantitative estimate of drug-likeness (QED) is 0.807. The van der Waals surface area contributed by atoms with E-state index in [1.807, 2.05) is 4.90 Å². The molecule has 3 heterocycles. The number of likely N-dealkylation sites (tertiary alicyclic amines) is 1. The second kappa shape index (κ2) is 3.79. The fourth-order valence-electron chi connectivity index (χ4n) is 2.67. The molecule has 1 aromatic heterocycles. The second-order valence-corrected chi connectivity index (χ2v) is 4.75. The zero-order valence-corrected chi connectivity index (χ0v) is 9.54. The van der Waals surface area contributed by atoms with Crippen LogP contribution in [-0.4, -0.2) is 36.5 Å². The van der Waals surface area contributed by atoms with Crippen LogP contribution < -0.4 is 5.32 Å². The molecule has 16 heavy (non-hydrogen) atoms. The van der Waals surface area contributed by atoms with Crippen LogP contribution in [0.1, 0.15) is 17.0 Å². The minimum absolute atomic E-state index is 0.0388. The smallest absolute Gasteiger partial charge is 0.289 e. The molecule has 2 atom stereocenters. The van der Waals surface area contributed by atoms with E-state index in [-0.39, 0.29) is 11.1 Å². The Morgan fingerprint density at radius 2 is 2.38 bits per heavy atom. The zero-order valence-electron chi connectivity index (χ0n) is 8.78. The number of furan rings is 1. The van der Waals surface area contributed by atoms with Crippen molar-refractivity contribution in [1.82, 2.24) is 10.2 Å². The summed E-state index contributed by atoms with van der Waals surface area (Å²) < 4.78 is 5.16. The van der Waals surface area contributed by atoms with Crippen LogP contribution >= 0.6 is 11.6 Å². The van der Waals surface area contributed by atoms with E-state index in [2.05, 4.69) is 5.32 Å². The molecule has 1 aromatic rings. The molecule has 2 aliphatic heterocycles. The van der Waals surface area contributed by atoms with Gasteiger partial charge in [0.25, 0.3) is 5.91 Å². The molecule has 3 rings (SSSR count). The average molecular weight is 241 g/mol. The molecule has 0 radical (unpaired) electrons. The summed E-state index contributed by atoms with van der Waals surface area (Å²) in [6.07, 6.45) is 1.08. The van der Waals surface area contributed by atoms with Crippen LogP contribution in [0.25, 0.3) is 0 Å². The van der Waals surface area contributed by atoms with Crippen LogP contribution in [-0.2, 0) is 0 Å². The molecule has 86 valence electrons. The van der Waals surface area contributed by atoms with Gasteiger partial charge in [-0.25, -0.2) is 0 Å². The van der Waals surface area contributed by atoms with Crippen molar-refractivity contribution in [3.8, 4) is 0 Å². The van der Waals surface area contributed by atoms with Gasteiger partial charge in [-0.2, -0.15) is 0 Å². The molecule has 0 aliphatic carbocycles. The molecule has 1 N–H and O–H groups in total. The Kier molecular flexibility index (Phi) is 2.41. The average Bonchev–Trinajstić information content (AvgIpc) is 2.90. The van der Waals surface area contributed by atoms with Gasteiger partial charge >= 0.3 is 0 Å². The third-order valence-corrected chi connectivity index (χ3v) is 3.69. The fraction of sp³-hybridized carbons (Fsp3) is 0.545. The summed E-state index contributed by atoms with van der Waals surface area (Å²) in [5, 5.41) is 3.58. The maximum atomic E-state index is 12.1. The number of fused-ring (bicyclic) bond motifs is 1. The Bertz CT molecular complexity index is 418. The van der Waals surface area contributed by atoms with Crippen LogP contribution in [0, 0.1) is 5.92 Å². The third kappa shape index (κ3) is 1.53. The number of carbonyl (C=O) groups is 1. The monoisotopic (exact) mass is 240 g/mol. The molecular weight excluding hydrogens is 228 g/mol. The van der Waals surface area contributed by atoms with Gasteiger partial charge in [0.1, 0.15) is 0 Å². The Morgan fingerprint density at radius 1 is 1.50 bits per heavy atom. The summed E-state index contributed by atoms with van der Waals surface area (Å²) in [5.41, 5.74) is 0. The highest BCUT2D eigenvalue weighted by Gasteiger charge is 2.40. The highest BCUT2D eigenvalue weighted by Crippen LogP contribution is 2.29. The molecule has 0 bridgehead atoms. The number of amides is 1. The summed E-state index contributed by atoms with van der Waals surface area (Å²) in [7, 11) is 0. The molecule has 2 aliphatic rings. The molecule has 5 heteroatoms. The summed E-state index contributed by atoms with van der Waals surface area (Å²) in [6.45, 7) is 2.74.